The Morgan fingerprint density at radius 1 is 1.30 bits per heavy atom. The quantitative estimate of drug-likeness (QED) is 0.799. The van der Waals surface area contributed by atoms with Crippen molar-refractivity contribution < 1.29 is 22.5 Å². The molecule has 106 valence electrons. The lowest BCUT2D eigenvalue weighted by Crippen LogP contribution is -2.05. The van der Waals surface area contributed by atoms with E-state index in [1.165, 1.54) is 24.3 Å². The molecule has 0 saturated carbocycles. The first-order valence-corrected chi connectivity index (χ1v) is 7.65. The lowest BCUT2D eigenvalue weighted by molar-refractivity contribution is 0.0437. The van der Waals surface area contributed by atoms with Crippen molar-refractivity contribution in [2.75, 3.05) is 6.26 Å². The van der Waals surface area contributed by atoms with Gasteiger partial charge in [-0.1, -0.05) is 5.16 Å². The van der Waals surface area contributed by atoms with Gasteiger partial charge in [-0.2, -0.15) is 0 Å². The second-order valence-corrected chi connectivity index (χ2v) is 6.32. The molecule has 0 unspecified atom stereocenters. The summed E-state index contributed by atoms with van der Waals surface area (Å²) in [6.45, 7) is 1.74. The normalized spacial score (nSPS) is 11.3. The topological polar surface area (TPSA) is 86.5 Å². The summed E-state index contributed by atoms with van der Waals surface area (Å²) in [5, 5.41) is 3.67. The highest BCUT2D eigenvalue weighted by atomic mass is 32.2. The monoisotopic (exact) mass is 295 g/mol. The molecule has 1 aromatic heterocycles. The third-order valence-electron chi connectivity index (χ3n) is 2.54. The van der Waals surface area contributed by atoms with E-state index in [1.807, 2.05) is 0 Å². The van der Waals surface area contributed by atoms with Gasteiger partial charge in [-0.3, -0.25) is 0 Å². The molecular weight excluding hydrogens is 282 g/mol. The van der Waals surface area contributed by atoms with Gasteiger partial charge in [-0.05, 0) is 31.2 Å². The van der Waals surface area contributed by atoms with E-state index in [4.69, 9.17) is 9.26 Å². The van der Waals surface area contributed by atoms with Crippen molar-refractivity contribution in [2.45, 2.75) is 18.4 Å². The van der Waals surface area contributed by atoms with Crippen molar-refractivity contribution >= 4 is 15.8 Å². The summed E-state index contributed by atoms with van der Waals surface area (Å²) in [6.07, 6.45) is 1.10. The lowest BCUT2D eigenvalue weighted by atomic mass is 10.2. The summed E-state index contributed by atoms with van der Waals surface area (Å²) in [7, 11) is -3.27. The van der Waals surface area contributed by atoms with Crippen LogP contribution in [0.25, 0.3) is 0 Å². The first kappa shape index (κ1) is 14.3. The maximum Gasteiger partial charge on any atom is 0.338 e. The first-order chi connectivity index (χ1) is 9.36. The molecule has 20 heavy (non-hydrogen) atoms. The predicted octanol–water partition coefficient (Wildman–Crippen LogP) is 1.74. The van der Waals surface area contributed by atoms with E-state index in [-0.39, 0.29) is 17.1 Å². The number of carbonyl (C=O) groups excluding carboxylic acids is 1. The number of hydrogen-bond acceptors (Lipinski definition) is 6. The lowest BCUT2D eigenvalue weighted by Gasteiger charge is -2.03. The molecule has 1 aromatic carbocycles. The number of hydrogen-bond donors (Lipinski definition) is 0. The number of esters is 1. The van der Waals surface area contributed by atoms with Crippen LogP contribution in [0.3, 0.4) is 0 Å². The zero-order chi connectivity index (χ0) is 14.8. The Labute approximate surface area is 116 Å². The predicted molar refractivity (Wildman–Crippen MR) is 69.9 cm³/mol. The molecule has 2 aromatic rings. The Bertz CT molecular complexity index is 715. The number of aryl methyl sites for hydroxylation is 1. The summed E-state index contributed by atoms with van der Waals surface area (Å²) in [4.78, 5) is 11.9. The van der Waals surface area contributed by atoms with Gasteiger partial charge in [0.05, 0.1) is 16.2 Å². The molecule has 0 radical (unpaired) electrons. The number of ether oxygens (including phenoxy) is 1. The molecule has 0 saturated heterocycles. The molecule has 0 atom stereocenters. The number of sulfone groups is 1. The van der Waals surface area contributed by atoms with E-state index in [1.54, 1.807) is 13.0 Å². The fourth-order valence-electron chi connectivity index (χ4n) is 1.54. The van der Waals surface area contributed by atoms with Crippen LogP contribution in [0.4, 0.5) is 0 Å². The minimum Gasteiger partial charge on any atom is -0.454 e. The fraction of sp³-hybridized carbons (Fsp3) is 0.231. The SMILES string of the molecule is Cc1cc(COC(=O)c2ccc(S(C)(=O)=O)cc2)on1. The minimum atomic E-state index is -3.27. The molecule has 0 N–H and O–H groups in total. The van der Waals surface area contributed by atoms with Gasteiger partial charge in [0.15, 0.2) is 22.2 Å². The fourth-order valence-corrected chi connectivity index (χ4v) is 2.17. The molecule has 0 fully saturated rings. The Balaban J connectivity index is 2.02. The number of aromatic nitrogens is 1. The van der Waals surface area contributed by atoms with E-state index < -0.39 is 15.8 Å². The molecule has 0 aliphatic carbocycles. The van der Waals surface area contributed by atoms with Crippen molar-refractivity contribution in [3.63, 3.8) is 0 Å². The Morgan fingerprint density at radius 2 is 1.95 bits per heavy atom. The van der Waals surface area contributed by atoms with E-state index in [2.05, 4.69) is 5.16 Å². The first-order valence-electron chi connectivity index (χ1n) is 5.76. The van der Waals surface area contributed by atoms with E-state index in [9.17, 15) is 13.2 Å². The van der Waals surface area contributed by atoms with Gasteiger partial charge in [-0.15, -0.1) is 0 Å². The highest BCUT2D eigenvalue weighted by Gasteiger charge is 2.12. The standard InChI is InChI=1S/C13H13NO5S/c1-9-7-11(19-14-9)8-18-13(15)10-3-5-12(6-4-10)20(2,16)17/h3-7H,8H2,1-2H3. The van der Waals surface area contributed by atoms with Crippen LogP contribution < -0.4 is 0 Å². The Kier molecular flexibility index (Phi) is 3.89. The molecule has 0 amide bonds. The second kappa shape index (κ2) is 5.46. The number of carbonyl (C=O) groups is 1. The van der Waals surface area contributed by atoms with E-state index in [0.29, 0.717) is 11.5 Å². The van der Waals surface area contributed by atoms with Crippen molar-refractivity contribution in [1.82, 2.24) is 5.16 Å². The van der Waals surface area contributed by atoms with Crippen LogP contribution in [0.1, 0.15) is 21.8 Å². The zero-order valence-corrected chi connectivity index (χ0v) is 11.8. The average Bonchev–Trinajstić information content (AvgIpc) is 2.81. The molecule has 7 heteroatoms. The van der Waals surface area contributed by atoms with Gasteiger partial charge >= 0.3 is 5.97 Å². The maximum absolute atomic E-state index is 11.8. The molecule has 1 heterocycles. The maximum atomic E-state index is 11.8. The van der Waals surface area contributed by atoms with E-state index in [0.717, 1.165) is 6.26 Å². The largest absolute Gasteiger partial charge is 0.454 e. The molecule has 0 aliphatic rings. The molecule has 0 aliphatic heterocycles. The van der Waals surface area contributed by atoms with Crippen molar-refractivity contribution in [1.29, 1.82) is 0 Å². The van der Waals surface area contributed by atoms with Crippen molar-refractivity contribution in [3.05, 3.63) is 47.3 Å². The van der Waals surface area contributed by atoms with Gasteiger partial charge in [0, 0.05) is 12.3 Å². The summed E-state index contributed by atoms with van der Waals surface area (Å²) in [5.74, 6) is -0.109. The Hall–Kier alpha value is -2.15. The molecule has 6 nitrogen and oxygen atoms in total. The molecule has 2 rings (SSSR count). The van der Waals surface area contributed by atoms with Crippen molar-refractivity contribution in [2.24, 2.45) is 0 Å². The third kappa shape index (κ3) is 3.45. The van der Waals surface area contributed by atoms with Crippen LogP contribution >= 0.6 is 0 Å². The van der Waals surface area contributed by atoms with Crippen LogP contribution in [-0.2, 0) is 21.2 Å². The van der Waals surface area contributed by atoms with Gasteiger partial charge < -0.3 is 9.26 Å². The van der Waals surface area contributed by atoms with E-state index >= 15 is 0 Å². The summed E-state index contributed by atoms with van der Waals surface area (Å²) in [6, 6.07) is 7.21. The number of rotatable bonds is 4. The highest BCUT2D eigenvalue weighted by molar-refractivity contribution is 7.90. The van der Waals surface area contributed by atoms with Crippen LogP contribution in [0.2, 0.25) is 0 Å². The van der Waals surface area contributed by atoms with Crippen molar-refractivity contribution in [3.8, 4) is 0 Å². The highest BCUT2D eigenvalue weighted by Crippen LogP contribution is 2.12. The van der Waals surface area contributed by atoms with Gasteiger partial charge in [0.25, 0.3) is 0 Å². The smallest absolute Gasteiger partial charge is 0.338 e. The van der Waals surface area contributed by atoms with Gasteiger partial charge in [0.1, 0.15) is 0 Å². The van der Waals surface area contributed by atoms with Crippen LogP contribution in [0, 0.1) is 6.92 Å². The third-order valence-corrected chi connectivity index (χ3v) is 3.67. The molecule has 0 bridgehead atoms. The van der Waals surface area contributed by atoms with Crippen LogP contribution in [-0.4, -0.2) is 25.8 Å². The van der Waals surface area contributed by atoms with Crippen LogP contribution in [0.15, 0.2) is 39.8 Å². The average molecular weight is 295 g/mol. The number of nitrogens with zero attached hydrogens (tertiary/aromatic N) is 1. The molecule has 0 spiro atoms. The minimum absolute atomic E-state index is 0.0203. The van der Waals surface area contributed by atoms with Gasteiger partial charge in [0.2, 0.25) is 0 Å². The summed E-state index contributed by atoms with van der Waals surface area (Å²) < 4.78 is 32.5. The number of benzene rings is 1. The van der Waals surface area contributed by atoms with Crippen LogP contribution in [0.5, 0.6) is 0 Å². The summed E-state index contributed by atoms with van der Waals surface area (Å²) in [5.41, 5.74) is 0.974. The molecular formula is C13H13NO5S. The second-order valence-electron chi connectivity index (χ2n) is 4.31. The zero-order valence-electron chi connectivity index (χ0n) is 11.0. The summed E-state index contributed by atoms with van der Waals surface area (Å²) >= 11 is 0. The Morgan fingerprint density at radius 3 is 2.45 bits per heavy atom. The van der Waals surface area contributed by atoms with Gasteiger partial charge in [-0.25, -0.2) is 13.2 Å².